The van der Waals surface area contributed by atoms with Crippen LogP contribution in [0, 0.1) is 16.7 Å². The topological polar surface area (TPSA) is 91.5 Å². The van der Waals surface area contributed by atoms with Crippen molar-refractivity contribution in [1.29, 1.82) is 5.26 Å². The quantitative estimate of drug-likeness (QED) is 0.316. The largest absolute Gasteiger partial charge is 0.383 e. The molecule has 5 rings (SSSR count). The fourth-order valence-corrected chi connectivity index (χ4v) is 4.17. The molecule has 1 aliphatic carbocycles. The Morgan fingerprint density at radius 2 is 2.03 bits per heavy atom. The van der Waals surface area contributed by atoms with Crippen LogP contribution < -0.4 is 10.6 Å². The molecule has 1 aliphatic rings. The van der Waals surface area contributed by atoms with Gasteiger partial charge in [-0.25, -0.2) is 4.68 Å². The summed E-state index contributed by atoms with van der Waals surface area (Å²) in [5.41, 5.74) is 3.53. The predicted molar refractivity (Wildman–Crippen MR) is 140 cm³/mol. The van der Waals surface area contributed by atoms with E-state index >= 15 is 0 Å². The summed E-state index contributed by atoms with van der Waals surface area (Å²) < 4.78 is 11.4. The molecule has 0 spiro atoms. The standard InChI is InChI=1S/C27H28ClN7/c1-27(2,3)16-31-24-18(13-29)14-30-26-21(24)11-19(12-22(26)28)32-25(17-7-5-4-6-8-17)23-15-35(34-33-23)20-9-10-20/h4-8,11-12,14-15,20,25,32H,9-10,16H2,1-3H3,(H,30,31)/i25D. The Morgan fingerprint density at radius 1 is 1.26 bits per heavy atom. The zero-order valence-electron chi connectivity index (χ0n) is 21.0. The summed E-state index contributed by atoms with van der Waals surface area (Å²) in [7, 11) is 0. The maximum Gasteiger partial charge on any atom is 0.109 e. The highest BCUT2D eigenvalue weighted by Crippen LogP contribution is 2.37. The Hall–Kier alpha value is -3.63. The first-order valence-corrected chi connectivity index (χ1v) is 12.1. The molecule has 1 fully saturated rings. The predicted octanol–water partition coefficient (Wildman–Crippen LogP) is 6.35. The average Bonchev–Trinajstić information content (AvgIpc) is 3.58. The maximum atomic E-state index is 9.76. The number of pyridine rings is 1. The van der Waals surface area contributed by atoms with Crippen LogP contribution in [0.3, 0.4) is 0 Å². The fraction of sp³-hybridized carbons (Fsp3) is 0.333. The van der Waals surface area contributed by atoms with Crippen molar-refractivity contribution in [2.45, 2.75) is 45.7 Å². The minimum atomic E-state index is -1.41. The number of nitrogens with zero attached hydrogens (tertiary/aromatic N) is 5. The third-order valence-corrected chi connectivity index (χ3v) is 6.15. The Morgan fingerprint density at radius 3 is 2.71 bits per heavy atom. The molecule has 0 aliphatic heterocycles. The molecule has 35 heavy (non-hydrogen) atoms. The number of rotatable bonds is 7. The van der Waals surface area contributed by atoms with E-state index in [9.17, 15) is 6.63 Å². The Labute approximate surface area is 211 Å². The highest BCUT2D eigenvalue weighted by Gasteiger charge is 2.27. The Kier molecular flexibility index (Phi) is 5.75. The van der Waals surface area contributed by atoms with Crippen molar-refractivity contribution in [1.82, 2.24) is 20.0 Å². The molecule has 0 amide bonds. The van der Waals surface area contributed by atoms with E-state index in [4.69, 9.17) is 11.6 Å². The molecule has 178 valence electrons. The van der Waals surface area contributed by atoms with Crippen molar-refractivity contribution in [3.63, 3.8) is 0 Å². The normalized spacial score (nSPS) is 15.8. The second kappa shape index (κ2) is 9.20. The lowest BCUT2D eigenvalue weighted by Gasteiger charge is -2.22. The minimum Gasteiger partial charge on any atom is -0.383 e. The van der Waals surface area contributed by atoms with Crippen molar-refractivity contribution in [2.24, 2.45) is 5.41 Å². The lowest BCUT2D eigenvalue weighted by molar-refractivity contribution is 0.443. The molecule has 2 N–H and O–H groups in total. The summed E-state index contributed by atoms with van der Waals surface area (Å²) in [5.74, 6) is 0. The van der Waals surface area contributed by atoms with Crippen LogP contribution in [0.5, 0.6) is 0 Å². The van der Waals surface area contributed by atoms with Gasteiger partial charge in [-0.2, -0.15) is 5.26 Å². The van der Waals surface area contributed by atoms with E-state index in [0.717, 1.165) is 18.4 Å². The SMILES string of the molecule is [2H]C(Nc1cc(Cl)c2ncc(C#N)c(NCC(C)(C)C)c2c1)(c1ccccc1)c1cn(C2CC2)nn1. The third kappa shape index (κ3) is 5.08. The molecular formula is C27H28ClN7. The van der Waals surface area contributed by atoms with Crippen molar-refractivity contribution >= 4 is 33.9 Å². The summed E-state index contributed by atoms with van der Waals surface area (Å²) in [5, 5.41) is 26.3. The number of halogens is 1. The number of anilines is 2. The van der Waals surface area contributed by atoms with Crippen molar-refractivity contribution in [3.05, 3.63) is 76.7 Å². The van der Waals surface area contributed by atoms with Gasteiger partial charge in [0, 0.05) is 23.8 Å². The Bertz CT molecular complexity index is 1450. The first-order valence-electron chi connectivity index (χ1n) is 12.2. The smallest absolute Gasteiger partial charge is 0.109 e. The van der Waals surface area contributed by atoms with E-state index in [0.29, 0.717) is 51.1 Å². The van der Waals surface area contributed by atoms with Gasteiger partial charge in [-0.05, 0) is 36.0 Å². The lowest BCUT2D eigenvalue weighted by Crippen LogP contribution is -2.20. The first kappa shape index (κ1) is 21.9. The van der Waals surface area contributed by atoms with Gasteiger partial charge in [-0.1, -0.05) is 67.9 Å². The highest BCUT2D eigenvalue weighted by molar-refractivity contribution is 6.35. The van der Waals surface area contributed by atoms with E-state index in [1.807, 2.05) is 47.3 Å². The van der Waals surface area contributed by atoms with Gasteiger partial charge in [0.1, 0.15) is 11.8 Å². The van der Waals surface area contributed by atoms with Crippen LogP contribution in [0.25, 0.3) is 10.9 Å². The fourth-order valence-electron chi connectivity index (χ4n) is 3.90. The van der Waals surface area contributed by atoms with Crippen LogP contribution in [0.1, 0.15) is 63.9 Å². The number of hydrogen-bond acceptors (Lipinski definition) is 6. The van der Waals surface area contributed by atoms with Crippen molar-refractivity contribution < 1.29 is 1.37 Å². The maximum absolute atomic E-state index is 9.76. The van der Waals surface area contributed by atoms with Gasteiger partial charge in [-0.15, -0.1) is 5.10 Å². The summed E-state index contributed by atoms with van der Waals surface area (Å²) in [6.45, 7) is 7.03. The van der Waals surface area contributed by atoms with Gasteiger partial charge in [0.2, 0.25) is 0 Å². The molecule has 2 aromatic heterocycles. The zero-order chi connectivity index (χ0) is 25.5. The zero-order valence-corrected chi connectivity index (χ0v) is 20.8. The molecule has 1 saturated carbocycles. The molecule has 4 aromatic rings. The number of hydrogen-bond donors (Lipinski definition) is 2. The molecule has 2 aromatic carbocycles. The number of nitrogens with one attached hydrogen (secondary N) is 2. The van der Waals surface area contributed by atoms with E-state index in [-0.39, 0.29) is 5.41 Å². The third-order valence-electron chi connectivity index (χ3n) is 5.86. The molecule has 0 radical (unpaired) electrons. The second-order valence-corrected chi connectivity index (χ2v) is 10.5. The lowest BCUT2D eigenvalue weighted by atomic mass is 9.96. The van der Waals surface area contributed by atoms with Crippen LogP contribution in [0.2, 0.25) is 5.02 Å². The molecule has 2 heterocycles. The van der Waals surface area contributed by atoms with Crippen LogP contribution in [0.4, 0.5) is 11.4 Å². The van der Waals surface area contributed by atoms with E-state index in [2.05, 4.69) is 52.8 Å². The number of nitriles is 1. The summed E-state index contributed by atoms with van der Waals surface area (Å²) >= 11 is 6.69. The Balaban J connectivity index is 1.61. The van der Waals surface area contributed by atoms with Crippen LogP contribution in [-0.2, 0) is 0 Å². The van der Waals surface area contributed by atoms with Gasteiger partial charge in [-0.3, -0.25) is 4.98 Å². The molecule has 0 saturated heterocycles. The first-order chi connectivity index (χ1) is 17.2. The number of fused-ring (bicyclic) bond motifs is 1. The van der Waals surface area contributed by atoms with E-state index < -0.39 is 6.02 Å². The molecule has 1 unspecified atom stereocenters. The highest BCUT2D eigenvalue weighted by atomic mass is 35.5. The van der Waals surface area contributed by atoms with E-state index in [1.54, 1.807) is 12.3 Å². The number of aromatic nitrogens is 4. The van der Waals surface area contributed by atoms with Crippen molar-refractivity contribution in [2.75, 3.05) is 17.2 Å². The van der Waals surface area contributed by atoms with Crippen LogP contribution >= 0.6 is 11.6 Å². The molecule has 0 bridgehead atoms. The minimum absolute atomic E-state index is 0.000993. The van der Waals surface area contributed by atoms with Crippen LogP contribution in [0.15, 0.2) is 54.9 Å². The van der Waals surface area contributed by atoms with E-state index in [1.165, 1.54) is 0 Å². The number of benzene rings is 2. The summed E-state index contributed by atoms with van der Waals surface area (Å²) in [4.78, 5) is 4.45. The van der Waals surface area contributed by atoms with Gasteiger partial charge >= 0.3 is 0 Å². The van der Waals surface area contributed by atoms with Crippen LogP contribution in [-0.4, -0.2) is 26.5 Å². The van der Waals surface area contributed by atoms with Gasteiger partial charge in [0.15, 0.2) is 0 Å². The van der Waals surface area contributed by atoms with Crippen molar-refractivity contribution in [3.8, 4) is 6.07 Å². The van der Waals surface area contributed by atoms with Gasteiger partial charge in [0.25, 0.3) is 0 Å². The summed E-state index contributed by atoms with van der Waals surface area (Å²) in [6.07, 6.45) is 5.54. The molecule has 1 atom stereocenters. The second-order valence-electron chi connectivity index (χ2n) is 10.1. The molecule has 8 heteroatoms. The molecule has 7 nitrogen and oxygen atoms in total. The average molecular weight is 487 g/mol. The van der Waals surface area contributed by atoms with Gasteiger partial charge in [0.05, 0.1) is 41.4 Å². The monoisotopic (exact) mass is 486 g/mol. The van der Waals surface area contributed by atoms with Gasteiger partial charge < -0.3 is 10.6 Å². The summed E-state index contributed by atoms with van der Waals surface area (Å²) in [6, 6.07) is 14.3. The molecular weight excluding hydrogens is 458 g/mol.